The summed E-state index contributed by atoms with van der Waals surface area (Å²) in [4.78, 5) is 13.0. The van der Waals surface area contributed by atoms with Crippen molar-refractivity contribution in [2.24, 2.45) is 0 Å². The van der Waals surface area contributed by atoms with Crippen LogP contribution in [-0.4, -0.2) is 42.0 Å². The number of carbonyl (C=O) groups excluding carboxylic acids is 1. The van der Waals surface area contributed by atoms with Crippen molar-refractivity contribution >= 4 is 11.6 Å². The lowest BCUT2D eigenvalue weighted by Crippen LogP contribution is -2.50. The van der Waals surface area contributed by atoms with Gasteiger partial charge in [-0.05, 0) is 30.7 Å². The molecule has 0 saturated carbocycles. The highest BCUT2D eigenvalue weighted by molar-refractivity contribution is 5.90. The van der Waals surface area contributed by atoms with Crippen LogP contribution >= 0.6 is 0 Å². The number of alkyl halides is 9. The Balaban J connectivity index is 2.11. The fourth-order valence-corrected chi connectivity index (χ4v) is 3.08. The van der Waals surface area contributed by atoms with Gasteiger partial charge in [-0.3, -0.25) is 4.79 Å². The first-order valence-corrected chi connectivity index (χ1v) is 8.21. The number of nitrogens with zero attached hydrogens (tertiary/aromatic N) is 1. The minimum Gasteiger partial charge on any atom is -0.480 e. The van der Waals surface area contributed by atoms with E-state index in [2.05, 4.69) is 0 Å². The molecule has 3 nitrogen and oxygen atoms in total. The van der Waals surface area contributed by atoms with E-state index in [-0.39, 0.29) is 24.7 Å². The Kier molecular flexibility index (Phi) is 5.02. The molecular weight excluding hydrogens is 421 g/mol. The fraction of sp³-hybridized carbons (Fsp3) is 0.471. The summed E-state index contributed by atoms with van der Waals surface area (Å²) in [5, 5.41) is 0. The Morgan fingerprint density at radius 2 is 1.72 bits per heavy atom. The zero-order valence-corrected chi connectivity index (χ0v) is 14.3. The maximum atomic E-state index is 14.1. The first-order valence-electron chi connectivity index (χ1n) is 8.21. The molecule has 1 fully saturated rings. The molecule has 0 aliphatic carbocycles. The maximum Gasteiger partial charge on any atom is 0.460 e. The van der Waals surface area contributed by atoms with Gasteiger partial charge in [-0.15, -0.1) is 0 Å². The van der Waals surface area contributed by atoms with Crippen molar-refractivity contribution in [3.63, 3.8) is 0 Å². The van der Waals surface area contributed by atoms with Gasteiger partial charge in [0.15, 0.2) is 6.10 Å². The molecule has 29 heavy (non-hydrogen) atoms. The molecule has 1 unspecified atom stereocenters. The van der Waals surface area contributed by atoms with E-state index in [0.717, 1.165) is 11.0 Å². The lowest BCUT2D eigenvalue weighted by molar-refractivity contribution is -0.359. The van der Waals surface area contributed by atoms with Gasteiger partial charge in [0, 0.05) is 24.1 Å². The van der Waals surface area contributed by atoms with Gasteiger partial charge >= 0.3 is 18.0 Å². The molecule has 3 rings (SSSR count). The standard InChI is InChI=1S/C17H12F9NO2/c18-14(19)12-7-10(27-5-1-2-13(27)28)9-6-8(3-4-11(9)29-12)15(20,21)16(22,23)17(24,25)26/h3-4,6-7,12,14H,1-2,5H2. The Morgan fingerprint density at radius 3 is 2.24 bits per heavy atom. The Morgan fingerprint density at radius 1 is 1.07 bits per heavy atom. The average molecular weight is 433 g/mol. The molecule has 0 aromatic heterocycles. The molecule has 1 aromatic rings. The van der Waals surface area contributed by atoms with Crippen molar-refractivity contribution in [2.45, 2.75) is 43.4 Å². The summed E-state index contributed by atoms with van der Waals surface area (Å²) < 4.78 is 123. The van der Waals surface area contributed by atoms with Gasteiger partial charge in [-0.1, -0.05) is 0 Å². The molecule has 0 bridgehead atoms. The minimum absolute atomic E-state index is 0.0366. The van der Waals surface area contributed by atoms with Crippen molar-refractivity contribution in [1.29, 1.82) is 0 Å². The summed E-state index contributed by atoms with van der Waals surface area (Å²) >= 11 is 0. The summed E-state index contributed by atoms with van der Waals surface area (Å²) in [5.74, 6) is -13.0. The van der Waals surface area contributed by atoms with Crippen LogP contribution in [0.15, 0.2) is 24.3 Å². The highest BCUT2D eigenvalue weighted by Crippen LogP contribution is 2.52. The molecule has 1 amide bonds. The second kappa shape index (κ2) is 6.84. The normalized spacial score (nSPS) is 20.6. The lowest BCUT2D eigenvalue weighted by Gasteiger charge is -2.32. The zero-order chi connectivity index (χ0) is 21.8. The Bertz CT molecular complexity index is 848. The van der Waals surface area contributed by atoms with E-state index in [1.165, 1.54) is 0 Å². The van der Waals surface area contributed by atoms with E-state index in [9.17, 15) is 44.3 Å². The first-order chi connectivity index (χ1) is 13.3. The van der Waals surface area contributed by atoms with Crippen LogP contribution in [0.25, 0.3) is 5.70 Å². The second-order valence-electron chi connectivity index (χ2n) is 6.48. The number of likely N-dealkylation sites (tertiary alicyclic amines) is 1. The molecule has 0 N–H and O–H groups in total. The number of benzene rings is 1. The largest absolute Gasteiger partial charge is 0.480 e. The third-order valence-corrected chi connectivity index (χ3v) is 4.57. The number of fused-ring (bicyclic) bond motifs is 1. The summed E-state index contributed by atoms with van der Waals surface area (Å²) in [6, 6.07) is 1.15. The Hall–Kier alpha value is -2.40. The molecule has 2 aliphatic heterocycles. The summed E-state index contributed by atoms with van der Waals surface area (Å²) in [6.45, 7) is 0.0411. The lowest BCUT2D eigenvalue weighted by atomic mass is 9.96. The predicted octanol–water partition coefficient (Wildman–Crippen LogP) is 4.97. The second-order valence-corrected chi connectivity index (χ2v) is 6.48. The quantitative estimate of drug-likeness (QED) is 0.628. The topological polar surface area (TPSA) is 29.5 Å². The van der Waals surface area contributed by atoms with Crippen LogP contribution in [0.3, 0.4) is 0 Å². The molecule has 2 heterocycles. The first kappa shape index (κ1) is 21.3. The monoisotopic (exact) mass is 433 g/mol. The van der Waals surface area contributed by atoms with Crippen molar-refractivity contribution in [3.05, 3.63) is 35.4 Å². The van der Waals surface area contributed by atoms with Crippen LogP contribution in [-0.2, 0) is 10.7 Å². The van der Waals surface area contributed by atoms with Crippen LogP contribution in [0.2, 0.25) is 0 Å². The summed E-state index contributed by atoms with van der Waals surface area (Å²) in [5.41, 5.74) is -2.45. The maximum absolute atomic E-state index is 14.1. The van der Waals surface area contributed by atoms with Crippen molar-refractivity contribution in [2.75, 3.05) is 6.54 Å². The van der Waals surface area contributed by atoms with Crippen LogP contribution in [0, 0.1) is 0 Å². The molecule has 1 saturated heterocycles. The predicted molar refractivity (Wildman–Crippen MR) is 80.7 cm³/mol. The van der Waals surface area contributed by atoms with E-state index in [0.29, 0.717) is 18.6 Å². The minimum atomic E-state index is -6.53. The van der Waals surface area contributed by atoms with Gasteiger partial charge in [0.05, 0.1) is 5.70 Å². The molecule has 160 valence electrons. The molecule has 12 heteroatoms. The fourth-order valence-electron chi connectivity index (χ4n) is 3.08. The number of amides is 1. The number of hydrogen-bond donors (Lipinski definition) is 0. The number of carbonyl (C=O) groups is 1. The summed E-state index contributed by atoms with van der Waals surface area (Å²) in [6.07, 6.45) is -10.3. The average Bonchev–Trinajstić information content (AvgIpc) is 3.04. The zero-order valence-electron chi connectivity index (χ0n) is 14.3. The molecule has 1 aromatic carbocycles. The van der Waals surface area contributed by atoms with E-state index >= 15 is 0 Å². The van der Waals surface area contributed by atoms with Gasteiger partial charge < -0.3 is 9.64 Å². The van der Waals surface area contributed by atoms with Gasteiger partial charge in [-0.2, -0.15) is 30.7 Å². The number of halogens is 9. The highest BCUT2D eigenvalue weighted by Gasteiger charge is 2.73. The highest BCUT2D eigenvalue weighted by atomic mass is 19.4. The van der Waals surface area contributed by atoms with E-state index in [1.54, 1.807) is 0 Å². The van der Waals surface area contributed by atoms with E-state index < -0.39 is 53.3 Å². The molecule has 0 spiro atoms. The number of rotatable bonds is 4. The van der Waals surface area contributed by atoms with Crippen LogP contribution in [0.5, 0.6) is 5.75 Å². The van der Waals surface area contributed by atoms with Gasteiger partial charge in [0.25, 0.3) is 6.43 Å². The van der Waals surface area contributed by atoms with Crippen molar-refractivity contribution in [1.82, 2.24) is 4.90 Å². The molecule has 1 atom stereocenters. The number of ether oxygens (including phenoxy) is 1. The van der Waals surface area contributed by atoms with Crippen molar-refractivity contribution < 1.29 is 49.0 Å². The van der Waals surface area contributed by atoms with Gasteiger partial charge in [-0.25, -0.2) is 8.78 Å². The molecular formula is C17H12F9NO2. The van der Waals surface area contributed by atoms with Crippen LogP contribution in [0.4, 0.5) is 39.5 Å². The molecule has 0 radical (unpaired) electrons. The van der Waals surface area contributed by atoms with Crippen molar-refractivity contribution in [3.8, 4) is 5.75 Å². The third kappa shape index (κ3) is 3.42. The summed E-state index contributed by atoms with van der Waals surface area (Å²) in [7, 11) is 0. The van der Waals surface area contributed by atoms with Gasteiger partial charge in [0.1, 0.15) is 5.75 Å². The Labute approximate surface area is 157 Å². The number of hydrogen-bond acceptors (Lipinski definition) is 2. The smallest absolute Gasteiger partial charge is 0.460 e. The SMILES string of the molecule is O=C1CCCN1C1=CC(C(F)F)Oc2ccc(C(F)(F)C(F)(F)C(F)(F)F)cc21. The van der Waals surface area contributed by atoms with E-state index in [1.807, 2.05) is 0 Å². The van der Waals surface area contributed by atoms with Gasteiger partial charge in [0.2, 0.25) is 5.91 Å². The van der Waals surface area contributed by atoms with Crippen LogP contribution < -0.4 is 4.74 Å². The molecule has 2 aliphatic rings. The van der Waals surface area contributed by atoms with E-state index in [4.69, 9.17) is 4.74 Å². The van der Waals surface area contributed by atoms with Crippen LogP contribution in [0.1, 0.15) is 24.0 Å². The third-order valence-electron chi connectivity index (χ3n) is 4.57.